The topological polar surface area (TPSA) is 29.4 Å². The van der Waals surface area contributed by atoms with Crippen LogP contribution in [0.25, 0.3) is 0 Å². The van der Waals surface area contributed by atoms with Gasteiger partial charge in [-0.2, -0.15) is 0 Å². The third-order valence-electron chi connectivity index (χ3n) is 3.24. The summed E-state index contributed by atoms with van der Waals surface area (Å²) < 4.78 is 0. The van der Waals surface area contributed by atoms with E-state index in [0.29, 0.717) is 4.86 Å². The molecule has 0 saturated carbocycles. The van der Waals surface area contributed by atoms with Gasteiger partial charge in [0.2, 0.25) is 0 Å². The Labute approximate surface area is 122 Å². The van der Waals surface area contributed by atoms with E-state index in [-0.39, 0.29) is 5.78 Å². The predicted octanol–water partition coefficient (Wildman–Crippen LogP) is 4.49. The van der Waals surface area contributed by atoms with Crippen LogP contribution in [0.15, 0.2) is 28.3 Å². The van der Waals surface area contributed by atoms with Crippen LogP contribution < -0.4 is 0 Å². The number of thiocarbonyl (C=S) groups is 1. The lowest BCUT2D eigenvalue weighted by Gasteiger charge is -2.09. The Morgan fingerprint density at radius 3 is 2.16 bits per heavy atom. The summed E-state index contributed by atoms with van der Waals surface area (Å²) in [6.45, 7) is 7.86. The molecule has 0 saturated heterocycles. The highest BCUT2D eigenvalue weighted by atomic mass is 32.1. The number of carbonyl (C=O) groups is 1. The molecule has 0 atom stereocenters. The molecule has 0 aromatic carbocycles. The molecule has 0 aromatic heterocycles. The molecular weight excluding hydrogens is 254 g/mol. The van der Waals surface area contributed by atoms with Gasteiger partial charge in [-0.05, 0) is 46.5 Å². The van der Waals surface area contributed by atoms with Crippen LogP contribution >= 0.6 is 12.2 Å². The van der Waals surface area contributed by atoms with E-state index in [4.69, 9.17) is 12.2 Å². The Morgan fingerprint density at radius 2 is 1.68 bits per heavy atom. The third-order valence-corrected chi connectivity index (χ3v) is 3.76. The van der Waals surface area contributed by atoms with Gasteiger partial charge in [-0.1, -0.05) is 35.5 Å². The zero-order chi connectivity index (χ0) is 14.8. The van der Waals surface area contributed by atoms with Crippen LogP contribution in [0.1, 0.15) is 53.4 Å². The summed E-state index contributed by atoms with van der Waals surface area (Å²) in [6.07, 6.45) is 8.10. The zero-order valence-corrected chi connectivity index (χ0v) is 13.6. The summed E-state index contributed by atoms with van der Waals surface area (Å²) in [5.41, 5.74) is 3.54. The second-order valence-electron chi connectivity index (χ2n) is 4.72. The number of hydrogen-bond acceptors (Lipinski definition) is 3. The molecule has 0 rings (SSSR count). The Morgan fingerprint density at radius 1 is 1.11 bits per heavy atom. The molecule has 0 amide bonds. The summed E-state index contributed by atoms with van der Waals surface area (Å²) in [5, 5.41) is 0. The normalized spacial score (nSPS) is 13.6. The van der Waals surface area contributed by atoms with Crippen LogP contribution in [0.2, 0.25) is 0 Å². The molecule has 0 bridgehead atoms. The number of rotatable bonds is 8. The molecule has 0 aromatic rings. The first-order valence-corrected chi connectivity index (χ1v) is 7.12. The minimum Gasteiger partial charge on any atom is -0.293 e. The molecule has 0 N–H and O–H groups in total. The van der Waals surface area contributed by atoms with Crippen molar-refractivity contribution in [3.8, 4) is 0 Å². The summed E-state index contributed by atoms with van der Waals surface area (Å²) in [7, 11) is 1.70. The van der Waals surface area contributed by atoms with Gasteiger partial charge in [0.1, 0.15) is 4.86 Å². The molecule has 106 valence electrons. The molecule has 0 aliphatic carbocycles. The van der Waals surface area contributed by atoms with E-state index in [2.05, 4.69) is 31.0 Å². The van der Waals surface area contributed by atoms with Gasteiger partial charge in [-0.25, -0.2) is 0 Å². The molecule has 0 aliphatic rings. The lowest BCUT2D eigenvalue weighted by Crippen LogP contribution is -2.19. The van der Waals surface area contributed by atoms with Gasteiger partial charge in [0.25, 0.3) is 0 Å². The minimum absolute atomic E-state index is 0.0676. The fraction of sp³-hybridized carbons (Fsp3) is 0.562. The van der Waals surface area contributed by atoms with Crippen molar-refractivity contribution in [2.75, 3.05) is 7.05 Å². The van der Waals surface area contributed by atoms with Crippen LogP contribution in [-0.2, 0) is 4.79 Å². The summed E-state index contributed by atoms with van der Waals surface area (Å²) in [5.74, 6) is -0.0676. The van der Waals surface area contributed by atoms with E-state index < -0.39 is 0 Å². The average molecular weight is 279 g/mol. The van der Waals surface area contributed by atoms with E-state index in [1.807, 2.05) is 6.92 Å². The molecule has 0 spiro atoms. The van der Waals surface area contributed by atoms with Crippen LogP contribution in [0, 0.1) is 0 Å². The number of Topliss-reactive ketones (excluding diaryl/α,β-unsaturated/α-hetero) is 1. The van der Waals surface area contributed by atoms with Gasteiger partial charge >= 0.3 is 0 Å². The first-order chi connectivity index (χ1) is 8.93. The maximum Gasteiger partial charge on any atom is 0.172 e. The molecule has 0 radical (unpaired) electrons. The largest absolute Gasteiger partial charge is 0.293 e. The average Bonchev–Trinajstić information content (AvgIpc) is 2.38. The molecule has 0 aliphatic heterocycles. The quantitative estimate of drug-likeness (QED) is 0.372. The standard InChI is InChI=1S/C16H25NOS/c1-6-7-8-9-12(2)13(3)10-11-15(17-5)16(19)14(4)18/h6-7H,8-11H2,1-5H3/b7-6?,13-12+,17-15?. The van der Waals surface area contributed by atoms with E-state index in [1.165, 1.54) is 18.1 Å². The lowest BCUT2D eigenvalue weighted by molar-refractivity contribution is -0.110. The number of carbonyl (C=O) groups excluding carboxylic acids is 1. The summed E-state index contributed by atoms with van der Waals surface area (Å²) in [4.78, 5) is 15.8. The molecular formula is C16H25NOS. The lowest BCUT2D eigenvalue weighted by atomic mass is 9.99. The van der Waals surface area contributed by atoms with E-state index >= 15 is 0 Å². The number of ketones is 1. The van der Waals surface area contributed by atoms with Gasteiger partial charge in [-0.3, -0.25) is 9.79 Å². The van der Waals surface area contributed by atoms with Crippen molar-refractivity contribution < 1.29 is 4.79 Å². The van der Waals surface area contributed by atoms with Gasteiger partial charge in [0, 0.05) is 14.0 Å². The highest BCUT2D eigenvalue weighted by Gasteiger charge is 2.11. The van der Waals surface area contributed by atoms with Gasteiger partial charge in [0.15, 0.2) is 5.78 Å². The second kappa shape index (κ2) is 9.79. The Balaban J connectivity index is 4.48. The first kappa shape index (κ1) is 17.9. The SMILES string of the molecule is CC=CCC/C(C)=C(\C)CCC(=NC)C(=S)C(C)=O. The number of nitrogens with zero attached hydrogens (tertiary/aromatic N) is 1. The molecule has 19 heavy (non-hydrogen) atoms. The first-order valence-electron chi connectivity index (χ1n) is 6.71. The van der Waals surface area contributed by atoms with Crippen LogP contribution in [0.3, 0.4) is 0 Å². The second-order valence-corrected chi connectivity index (χ2v) is 5.13. The summed E-state index contributed by atoms with van der Waals surface area (Å²) in [6, 6.07) is 0. The van der Waals surface area contributed by atoms with E-state index in [1.54, 1.807) is 7.05 Å². The zero-order valence-electron chi connectivity index (χ0n) is 12.7. The van der Waals surface area contributed by atoms with Crippen molar-refractivity contribution in [2.45, 2.75) is 53.4 Å². The Bertz CT molecular complexity index is 416. The fourth-order valence-corrected chi connectivity index (χ4v) is 1.92. The van der Waals surface area contributed by atoms with E-state index in [0.717, 1.165) is 31.4 Å². The van der Waals surface area contributed by atoms with Gasteiger partial charge in [-0.15, -0.1) is 0 Å². The Kier molecular flexibility index (Phi) is 9.23. The molecule has 0 heterocycles. The predicted molar refractivity (Wildman–Crippen MR) is 88.3 cm³/mol. The molecule has 0 fully saturated rings. The van der Waals surface area contributed by atoms with E-state index in [9.17, 15) is 4.79 Å². The molecule has 3 heteroatoms. The molecule has 2 nitrogen and oxygen atoms in total. The molecule has 0 unspecified atom stereocenters. The monoisotopic (exact) mass is 279 g/mol. The number of allylic oxidation sites excluding steroid dienone is 4. The van der Waals surface area contributed by atoms with Crippen molar-refractivity contribution in [3.63, 3.8) is 0 Å². The van der Waals surface area contributed by atoms with Crippen molar-refractivity contribution in [1.29, 1.82) is 0 Å². The minimum atomic E-state index is -0.0676. The maximum atomic E-state index is 11.3. The number of aliphatic imine (C=N–C) groups is 1. The highest BCUT2D eigenvalue weighted by Crippen LogP contribution is 2.16. The van der Waals surface area contributed by atoms with Gasteiger partial charge < -0.3 is 0 Å². The summed E-state index contributed by atoms with van der Waals surface area (Å²) >= 11 is 5.10. The third kappa shape index (κ3) is 7.16. The smallest absolute Gasteiger partial charge is 0.172 e. The number of hydrogen-bond donors (Lipinski definition) is 0. The maximum absolute atomic E-state index is 11.3. The highest BCUT2D eigenvalue weighted by molar-refractivity contribution is 7.84. The fourth-order valence-electron chi connectivity index (χ4n) is 1.73. The van der Waals surface area contributed by atoms with Crippen LogP contribution in [0.4, 0.5) is 0 Å². The van der Waals surface area contributed by atoms with Crippen molar-refractivity contribution in [3.05, 3.63) is 23.3 Å². The van der Waals surface area contributed by atoms with Gasteiger partial charge in [0.05, 0.1) is 5.71 Å². The van der Waals surface area contributed by atoms with Crippen molar-refractivity contribution >= 4 is 28.6 Å². The van der Waals surface area contributed by atoms with Crippen molar-refractivity contribution in [1.82, 2.24) is 0 Å². The van der Waals surface area contributed by atoms with Crippen LogP contribution in [0.5, 0.6) is 0 Å². The Hall–Kier alpha value is -1.09. The van der Waals surface area contributed by atoms with Crippen molar-refractivity contribution in [2.24, 2.45) is 4.99 Å². The van der Waals surface area contributed by atoms with Crippen LogP contribution in [-0.4, -0.2) is 23.4 Å².